The van der Waals surface area contributed by atoms with Crippen LogP contribution in [0.5, 0.6) is 11.5 Å². The van der Waals surface area contributed by atoms with Crippen molar-refractivity contribution in [3.63, 3.8) is 0 Å². The third-order valence-electron chi connectivity index (χ3n) is 3.60. The van der Waals surface area contributed by atoms with Gasteiger partial charge in [-0.05, 0) is 51.8 Å². The van der Waals surface area contributed by atoms with E-state index < -0.39 is 6.10 Å². The molecule has 1 aliphatic heterocycles. The maximum absolute atomic E-state index is 13.3. The molecule has 1 heterocycles. The Morgan fingerprint density at radius 2 is 2.10 bits per heavy atom. The van der Waals surface area contributed by atoms with Gasteiger partial charge in [0.25, 0.3) is 0 Å². The molecule has 5 heteroatoms. The zero-order valence-electron chi connectivity index (χ0n) is 11.3. The average molecular weight is 353 g/mol. The third-order valence-corrected chi connectivity index (χ3v) is 4.21. The highest BCUT2D eigenvalue weighted by Crippen LogP contribution is 2.42. The quantitative estimate of drug-likeness (QED) is 0.882. The van der Waals surface area contributed by atoms with Crippen LogP contribution >= 0.6 is 15.9 Å². The molecule has 0 amide bonds. The van der Waals surface area contributed by atoms with E-state index in [0.717, 1.165) is 5.56 Å². The summed E-state index contributed by atoms with van der Waals surface area (Å²) in [5, 5.41) is 10.3. The van der Waals surface area contributed by atoms with Gasteiger partial charge in [0, 0.05) is 12.0 Å². The molecule has 2 unspecified atom stereocenters. The molecule has 0 radical (unpaired) electrons. The topological polar surface area (TPSA) is 38.7 Å². The van der Waals surface area contributed by atoms with E-state index in [4.69, 9.17) is 9.47 Å². The maximum Gasteiger partial charge on any atom is 0.137 e. The molecule has 0 fully saturated rings. The van der Waals surface area contributed by atoms with Crippen molar-refractivity contribution in [3.05, 3.63) is 57.8 Å². The van der Waals surface area contributed by atoms with Crippen molar-refractivity contribution in [2.45, 2.75) is 18.6 Å². The lowest BCUT2D eigenvalue weighted by Crippen LogP contribution is -2.19. The van der Waals surface area contributed by atoms with Gasteiger partial charge in [-0.25, -0.2) is 4.39 Å². The van der Waals surface area contributed by atoms with Gasteiger partial charge in [-0.2, -0.15) is 0 Å². The first-order chi connectivity index (χ1) is 10.1. The summed E-state index contributed by atoms with van der Waals surface area (Å²) in [4.78, 5) is 0. The summed E-state index contributed by atoms with van der Waals surface area (Å²) < 4.78 is 24.8. The van der Waals surface area contributed by atoms with Gasteiger partial charge >= 0.3 is 0 Å². The van der Waals surface area contributed by atoms with E-state index in [9.17, 15) is 9.50 Å². The molecule has 3 nitrogen and oxygen atoms in total. The molecule has 2 aromatic rings. The van der Waals surface area contributed by atoms with E-state index in [2.05, 4.69) is 15.9 Å². The number of hydrogen-bond acceptors (Lipinski definition) is 3. The van der Waals surface area contributed by atoms with Crippen molar-refractivity contribution in [1.29, 1.82) is 0 Å². The Balaban J connectivity index is 1.92. The first-order valence-electron chi connectivity index (χ1n) is 6.56. The molecule has 0 aliphatic carbocycles. The van der Waals surface area contributed by atoms with Gasteiger partial charge in [0.05, 0.1) is 17.7 Å². The van der Waals surface area contributed by atoms with Crippen molar-refractivity contribution in [1.82, 2.24) is 0 Å². The molecule has 0 bridgehead atoms. The van der Waals surface area contributed by atoms with Gasteiger partial charge in [-0.1, -0.05) is 6.07 Å². The molecule has 110 valence electrons. The maximum atomic E-state index is 13.3. The van der Waals surface area contributed by atoms with Crippen LogP contribution < -0.4 is 9.47 Å². The first kappa shape index (κ1) is 14.4. The van der Waals surface area contributed by atoms with Gasteiger partial charge < -0.3 is 14.6 Å². The number of ether oxygens (including phenoxy) is 2. The standard InChI is InChI=1S/C16H14BrFO3/c1-20-10-3-5-15-11(7-10)14(19)8-16(21-15)9-2-4-13(18)12(17)6-9/h2-7,14,16,19H,8H2,1H3. The summed E-state index contributed by atoms with van der Waals surface area (Å²) in [7, 11) is 1.58. The van der Waals surface area contributed by atoms with Gasteiger partial charge in [-0.15, -0.1) is 0 Å². The molecule has 0 aromatic heterocycles. The van der Waals surface area contributed by atoms with Crippen LogP contribution in [0.1, 0.15) is 29.8 Å². The minimum Gasteiger partial charge on any atom is -0.497 e. The summed E-state index contributed by atoms with van der Waals surface area (Å²) >= 11 is 3.17. The Kier molecular flexibility index (Phi) is 3.87. The summed E-state index contributed by atoms with van der Waals surface area (Å²) in [5.41, 5.74) is 1.54. The predicted octanol–water partition coefficient (Wildman–Crippen LogP) is 4.15. The first-order valence-corrected chi connectivity index (χ1v) is 7.35. The van der Waals surface area contributed by atoms with Crippen LogP contribution in [-0.2, 0) is 0 Å². The SMILES string of the molecule is COc1ccc2c(c1)C(O)CC(c1ccc(F)c(Br)c1)O2. The van der Waals surface area contributed by atoms with E-state index in [1.165, 1.54) is 6.07 Å². The zero-order chi connectivity index (χ0) is 15.0. The highest BCUT2D eigenvalue weighted by atomic mass is 79.9. The van der Waals surface area contributed by atoms with Crippen molar-refractivity contribution in [2.75, 3.05) is 7.11 Å². The fourth-order valence-electron chi connectivity index (χ4n) is 2.47. The second-order valence-corrected chi connectivity index (χ2v) is 5.79. The minimum atomic E-state index is -0.641. The lowest BCUT2D eigenvalue weighted by molar-refractivity contribution is 0.0654. The average Bonchev–Trinajstić information content (AvgIpc) is 2.49. The second-order valence-electron chi connectivity index (χ2n) is 4.94. The Morgan fingerprint density at radius 3 is 2.81 bits per heavy atom. The van der Waals surface area contributed by atoms with Gasteiger partial charge in [0.2, 0.25) is 0 Å². The molecule has 1 N–H and O–H groups in total. The number of hydrogen-bond donors (Lipinski definition) is 1. The molecule has 1 aliphatic rings. The Bertz CT molecular complexity index is 675. The fraction of sp³-hybridized carbons (Fsp3) is 0.250. The van der Waals surface area contributed by atoms with Crippen molar-refractivity contribution in [3.8, 4) is 11.5 Å². The molecule has 3 rings (SSSR count). The molecule has 0 saturated carbocycles. The number of rotatable bonds is 2. The summed E-state index contributed by atoms with van der Waals surface area (Å²) in [6, 6.07) is 10.1. The molecule has 0 saturated heterocycles. The number of halogens is 2. The van der Waals surface area contributed by atoms with Gasteiger partial charge in [0.1, 0.15) is 23.4 Å². The van der Waals surface area contributed by atoms with E-state index in [-0.39, 0.29) is 11.9 Å². The second kappa shape index (κ2) is 5.66. The predicted molar refractivity (Wildman–Crippen MR) is 80.0 cm³/mol. The van der Waals surface area contributed by atoms with E-state index >= 15 is 0 Å². The number of fused-ring (bicyclic) bond motifs is 1. The molecular formula is C16H14BrFO3. The lowest BCUT2D eigenvalue weighted by atomic mass is 9.95. The summed E-state index contributed by atoms with van der Waals surface area (Å²) in [5.74, 6) is 0.986. The van der Waals surface area contributed by atoms with Crippen molar-refractivity contribution >= 4 is 15.9 Å². The Labute approximate surface area is 130 Å². The van der Waals surface area contributed by atoms with Crippen molar-refractivity contribution in [2.24, 2.45) is 0 Å². The number of aliphatic hydroxyl groups excluding tert-OH is 1. The highest BCUT2D eigenvalue weighted by molar-refractivity contribution is 9.10. The smallest absolute Gasteiger partial charge is 0.137 e. The minimum absolute atomic E-state index is 0.308. The number of aliphatic hydroxyl groups is 1. The Morgan fingerprint density at radius 1 is 1.29 bits per heavy atom. The van der Waals surface area contributed by atoms with Gasteiger partial charge in [-0.3, -0.25) is 0 Å². The van der Waals surface area contributed by atoms with E-state index in [0.29, 0.717) is 28.0 Å². The van der Waals surface area contributed by atoms with E-state index in [1.54, 1.807) is 37.4 Å². The number of methoxy groups -OCH3 is 1. The van der Waals surface area contributed by atoms with E-state index in [1.807, 2.05) is 0 Å². The van der Waals surface area contributed by atoms with Crippen LogP contribution in [0.3, 0.4) is 0 Å². The summed E-state index contributed by atoms with van der Waals surface area (Å²) in [6.45, 7) is 0. The molecular weight excluding hydrogens is 339 g/mol. The molecule has 2 aromatic carbocycles. The van der Waals surface area contributed by atoms with Crippen LogP contribution in [0, 0.1) is 5.82 Å². The monoisotopic (exact) mass is 352 g/mol. The lowest BCUT2D eigenvalue weighted by Gasteiger charge is -2.30. The van der Waals surface area contributed by atoms with Crippen LogP contribution in [0.25, 0.3) is 0 Å². The van der Waals surface area contributed by atoms with Crippen molar-refractivity contribution < 1.29 is 19.0 Å². The zero-order valence-corrected chi connectivity index (χ0v) is 12.9. The fourth-order valence-corrected chi connectivity index (χ4v) is 2.87. The normalized spacial score (nSPS) is 20.6. The largest absolute Gasteiger partial charge is 0.497 e. The van der Waals surface area contributed by atoms with Crippen LogP contribution in [-0.4, -0.2) is 12.2 Å². The van der Waals surface area contributed by atoms with Crippen LogP contribution in [0.15, 0.2) is 40.9 Å². The van der Waals surface area contributed by atoms with Crippen LogP contribution in [0.2, 0.25) is 0 Å². The highest BCUT2D eigenvalue weighted by Gasteiger charge is 2.28. The third kappa shape index (κ3) is 2.76. The molecule has 0 spiro atoms. The summed E-state index contributed by atoms with van der Waals surface area (Å²) in [6.07, 6.45) is -0.534. The number of benzene rings is 2. The van der Waals surface area contributed by atoms with Crippen LogP contribution in [0.4, 0.5) is 4.39 Å². The molecule has 2 atom stereocenters. The van der Waals surface area contributed by atoms with Gasteiger partial charge in [0.15, 0.2) is 0 Å². The molecule has 21 heavy (non-hydrogen) atoms. The Hall–Kier alpha value is -1.59.